The predicted octanol–water partition coefficient (Wildman–Crippen LogP) is 8.64. The van der Waals surface area contributed by atoms with E-state index in [1.54, 1.807) is 36.0 Å². The summed E-state index contributed by atoms with van der Waals surface area (Å²) in [6.45, 7) is 4.12. The van der Waals surface area contributed by atoms with E-state index in [-0.39, 0.29) is 48.2 Å². The number of aryl methyl sites for hydroxylation is 1. The van der Waals surface area contributed by atoms with Gasteiger partial charge in [0.15, 0.2) is 6.29 Å². The van der Waals surface area contributed by atoms with Gasteiger partial charge in [0.25, 0.3) is 0 Å². The van der Waals surface area contributed by atoms with Gasteiger partial charge in [-0.3, -0.25) is 4.79 Å². The molecule has 4 N–H and O–H groups in total. The van der Waals surface area contributed by atoms with Gasteiger partial charge in [0, 0.05) is 28.7 Å². The van der Waals surface area contributed by atoms with Gasteiger partial charge in [0.1, 0.15) is 6.04 Å². The number of aromatic carboxylic acids is 1. The molecule has 1 fully saturated rings. The van der Waals surface area contributed by atoms with Gasteiger partial charge in [-0.25, -0.2) is 13.2 Å². The van der Waals surface area contributed by atoms with Crippen molar-refractivity contribution >= 4 is 33.7 Å². The summed E-state index contributed by atoms with van der Waals surface area (Å²) in [6.07, 6.45) is -0.983. The number of carbonyl (C=O) groups excluding carboxylic acids is 1. The molecule has 1 aliphatic rings. The predicted molar refractivity (Wildman–Crippen MR) is 236 cm³/mol. The van der Waals surface area contributed by atoms with Crippen LogP contribution in [0.4, 0.5) is 0 Å². The standard InChI is InChI=1S/C49H48N2O8S2/c1-32-11-25-43(26-12-32)61(56,57)51-44(28-34-7-4-3-5-8-34)47(53)50-29-36-9-6-10-41(27-36)37-17-19-40(20-18-37)49-58-45(31-60-42-23-21-39(22-24-42)48(54)55)33(2)46(59-49)38-15-13-35(30-52)14-16-38/h3-27,33,44-46,49,51-52H,28-31H2,1-2H3,(H,50,53)(H,54,55)/t33-,44+,45+,46+,49+/m0/s1. The average molecular weight is 857 g/mol. The normalized spacial score (nSPS) is 18.3. The minimum Gasteiger partial charge on any atom is -0.478 e. The lowest BCUT2D eigenvalue weighted by Crippen LogP contribution is -2.47. The highest BCUT2D eigenvalue weighted by atomic mass is 32.2. The van der Waals surface area contributed by atoms with Crippen molar-refractivity contribution in [2.75, 3.05) is 5.75 Å². The molecule has 0 bridgehead atoms. The summed E-state index contributed by atoms with van der Waals surface area (Å²) < 4.78 is 42.7. The van der Waals surface area contributed by atoms with Crippen molar-refractivity contribution in [1.29, 1.82) is 0 Å². The molecule has 0 radical (unpaired) electrons. The number of carboxylic acids is 1. The van der Waals surface area contributed by atoms with E-state index < -0.39 is 34.2 Å². The SMILES string of the molecule is Cc1ccc(S(=O)(=O)N[C@H](Cc2ccccc2)C(=O)NCc2cccc(-c3ccc([C@@H]4O[C@H](CSc5ccc(C(=O)O)cc5)[C@H](C)[C@H](c5ccc(CO)cc5)O4)cc3)c2)cc1. The summed E-state index contributed by atoms with van der Waals surface area (Å²) in [4.78, 5) is 26.1. The van der Waals surface area contributed by atoms with E-state index in [0.717, 1.165) is 49.4 Å². The smallest absolute Gasteiger partial charge is 0.335 e. The number of hydrogen-bond acceptors (Lipinski definition) is 8. The van der Waals surface area contributed by atoms with E-state index in [9.17, 15) is 28.2 Å². The number of nitrogens with one attached hydrogen (secondary N) is 2. The molecule has 12 heteroatoms. The molecule has 1 heterocycles. The Balaban J connectivity index is 1.04. The van der Waals surface area contributed by atoms with Crippen molar-refractivity contribution in [1.82, 2.24) is 10.0 Å². The van der Waals surface area contributed by atoms with Gasteiger partial charge in [-0.1, -0.05) is 122 Å². The molecule has 6 aromatic rings. The maximum absolute atomic E-state index is 13.7. The van der Waals surface area contributed by atoms with Crippen LogP contribution < -0.4 is 10.0 Å². The molecule has 10 nitrogen and oxygen atoms in total. The van der Waals surface area contributed by atoms with E-state index in [4.69, 9.17) is 9.47 Å². The number of thioether (sulfide) groups is 1. The molecular formula is C49H48N2O8S2. The molecule has 0 unspecified atom stereocenters. The quantitative estimate of drug-likeness (QED) is 0.0702. The fourth-order valence-electron chi connectivity index (χ4n) is 7.20. The van der Waals surface area contributed by atoms with Crippen LogP contribution in [-0.2, 0) is 43.9 Å². The highest BCUT2D eigenvalue weighted by Crippen LogP contribution is 2.43. The number of hydrogen-bond donors (Lipinski definition) is 4. The van der Waals surface area contributed by atoms with Gasteiger partial charge in [-0.15, -0.1) is 11.8 Å². The highest BCUT2D eigenvalue weighted by molar-refractivity contribution is 7.99. The third kappa shape index (κ3) is 11.2. The lowest BCUT2D eigenvalue weighted by atomic mass is 9.91. The van der Waals surface area contributed by atoms with Crippen LogP contribution in [0.25, 0.3) is 11.1 Å². The number of ether oxygens (including phenoxy) is 2. The van der Waals surface area contributed by atoms with Gasteiger partial charge in [0.05, 0.1) is 29.3 Å². The number of aliphatic hydroxyl groups is 1. The summed E-state index contributed by atoms with van der Waals surface area (Å²) in [5, 5.41) is 21.9. The van der Waals surface area contributed by atoms with Crippen molar-refractivity contribution in [2.24, 2.45) is 5.92 Å². The maximum atomic E-state index is 13.7. The van der Waals surface area contributed by atoms with Crippen molar-refractivity contribution < 1.29 is 37.7 Å². The zero-order chi connectivity index (χ0) is 42.9. The average Bonchev–Trinajstić information content (AvgIpc) is 3.28. The minimum atomic E-state index is -3.98. The Bertz CT molecular complexity index is 2520. The van der Waals surface area contributed by atoms with Crippen LogP contribution in [0.15, 0.2) is 161 Å². The fourth-order valence-corrected chi connectivity index (χ4v) is 9.46. The lowest BCUT2D eigenvalue weighted by molar-refractivity contribution is -0.268. The molecule has 1 aliphatic heterocycles. The molecule has 314 valence electrons. The van der Waals surface area contributed by atoms with Crippen molar-refractivity contribution in [2.45, 2.75) is 67.8 Å². The van der Waals surface area contributed by atoms with E-state index in [2.05, 4.69) is 17.0 Å². The first-order chi connectivity index (χ1) is 29.4. The largest absolute Gasteiger partial charge is 0.478 e. The summed E-state index contributed by atoms with van der Waals surface area (Å²) >= 11 is 1.60. The summed E-state index contributed by atoms with van der Waals surface area (Å²) in [5.41, 5.74) is 7.35. The van der Waals surface area contributed by atoms with Crippen LogP contribution in [0.2, 0.25) is 0 Å². The molecule has 0 spiro atoms. The Kier molecular flexibility index (Phi) is 14.2. The van der Waals surface area contributed by atoms with Crippen molar-refractivity contribution in [3.63, 3.8) is 0 Å². The molecule has 0 saturated carbocycles. The van der Waals surface area contributed by atoms with Gasteiger partial charge < -0.3 is 25.0 Å². The second-order valence-corrected chi connectivity index (χ2v) is 18.0. The molecule has 1 amide bonds. The molecule has 6 aromatic carbocycles. The van der Waals surface area contributed by atoms with Gasteiger partial charge in [0.2, 0.25) is 15.9 Å². The molecule has 0 aromatic heterocycles. The van der Waals surface area contributed by atoms with Crippen LogP contribution in [-0.4, -0.2) is 48.4 Å². The van der Waals surface area contributed by atoms with Gasteiger partial charge >= 0.3 is 5.97 Å². The van der Waals surface area contributed by atoms with Crippen LogP contribution >= 0.6 is 11.8 Å². The van der Waals surface area contributed by atoms with Crippen LogP contribution in [0.5, 0.6) is 0 Å². The Morgan fingerprint density at radius 2 is 1.41 bits per heavy atom. The Morgan fingerprint density at radius 1 is 0.738 bits per heavy atom. The van der Waals surface area contributed by atoms with E-state index in [0.29, 0.717) is 5.75 Å². The summed E-state index contributed by atoms with van der Waals surface area (Å²) in [7, 11) is -3.98. The van der Waals surface area contributed by atoms with Crippen LogP contribution in [0, 0.1) is 12.8 Å². The van der Waals surface area contributed by atoms with E-state index >= 15 is 0 Å². The number of benzene rings is 6. The van der Waals surface area contributed by atoms with Gasteiger partial charge in [-0.2, -0.15) is 4.72 Å². The number of amides is 1. The monoisotopic (exact) mass is 856 g/mol. The highest BCUT2D eigenvalue weighted by Gasteiger charge is 2.38. The molecular weight excluding hydrogens is 809 g/mol. The molecule has 5 atom stereocenters. The van der Waals surface area contributed by atoms with Crippen molar-refractivity contribution in [3.05, 3.63) is 191 Å². The Hall–Kier alpha value is -5.60. The topological polar surface area (TPSA) is 151 Å². The zero-order valence-corrected chi connectivity index (χ0v) is 35.4. The molecule has 1 saturated heterocycles. The van der Waals surface area contributed by atoms with Crippen LogP contribution in [0.1, 0.15) is 63.1 Å². The molecule has 61 heavy (non-hydrogen) atoms. The molecule has 7 rings (SSSR count). The third-order valence-electron chi connectivity index (χ3n) is 10.8. The first-order valence-electron chi connectivity index (χ1n) is 20.0. The summed E-state index contributed by atoms with van der Waals surface area (Å²) in [6, 6.07) is 45.2. The van der Waals surface area contributed by atoms with Crippen LogP contribution in [0.3, 0.4) is 0 Å². The first kappa shape index (κ1) is 43.5. The number of aliphatic hydroxyl groups excluding tert-OH is 1. The third-order valence-corrected chi connectivity index (χ3v) is 13.4. The van der Waals surface area contributed by atoms with E-state index in [1.165, 1.54) is 12.1 Å². The number of carbonyl (C=O) groups is 2. The lowest BCUT2D eigenvalue weighted by Gasteiger charge is -2.41. The van der Waals surface area contributed by atoms with E-state index in [1.807, 2.05) is 122 Å². The number of rotatable bonds is 16. The van der Waals surface area contributed by atoms with Gasteiger partial charge in [-0.05, 0) is 89.2 Å². The zero-order valence-electron chi connectivity index (χ0n) is 33.8. The second-order valence-electron chi connectivity index (χ2n) is 15.2. The first-order valence-corrected chi connectivity index (χ1v) is 22.5. The second kappa shape index (κ2) is 19.9. The number of carboxylic acid groups (broad SMARTS) is 1. The number of sulfonamides is 1. The van der Waals surface area contributed by atoms with Crippen molar-refractivity contribution in [3.8, 4) is 11.1 Å². The Morgan fingerprint density at radius 3 is 2.08 bits per heavy atom. The minimum absolute atomic E-state index is 0.0217. The Labute approximate surface area is 361 Å². The fraction of sp³-hybridized carbons (Fsp3) is 0.224. The summed E-state index contributed by atoms with van der Waals surface area (Å²) in [5.74, 6) is -0.810. The molecule has 0 aliphatic carbocycles. The maximum Gasteiger partial charge on any atom is 0.335 e.